The summed E-state index contributed by atoms with van der Waals surface area (Å²) in [4.78, 5) is 49.1. The zero-order valence-corrected chi connectivity index (χ0v) is 25.5. The van der Waals surface area contributed by atoms with Gasteiger partial charge < -0.3 is 25.1 Å². The zero-order valence-electron chi connectivity index (χ0n) is 25.5. The van der Waals surface area contributed by atoms with E-state index in [1.54, 1.807) is 18.9 Å². The van der Waals surface area contributed by atoms with Crippen molar-refractivity contribution in [2.45, 2.75) is 99.6 Å². The van der Waals surface area contributed by atoms with Crippen LogP contribution in [0.3, 0.4) is 0 Å². The summed E-state index contributed by atoms with van der Waals surface area (Å²) < 4.78 is 0. The molecule has 0 radical (unpaired) electrons. The summed E-state index contributed by atoms with van der Waals surface area (Å²) in [7, 11) is 1.70. The van der Waals surface area contributed by atoms with Crippen LogP contribution in [0.4, 0.5) is 0 Å². The Morgan fingerprint density at radius 3 is 1.71 bits per heavy atom. The number of hydrogen-bond acceptors (Lipinski definition) is 5. The van der Waals surface area contributed by atoms with Gasteiger partial charge in [0.1, 0.15) is 0 Å². The van der Waals surface area contributed by atoms with Gasteiger partial charge in [-0.15, -0.1) is 0 Å². The Hall–Kier alpha value is -2.42. The fourth-order valence-corrected chi connectivity index (χ4v) is 4.10. The van der Waals surface area contributed by atoms with E-state index in [2.05, 4.69) is 44.8 Å². The molecule has 2 heterocycles. The highest BCUT2D eigenvalue weighted by Crippen LogP contribution is 2.17. The fourth-order valence-electron chi connectivity index (χ4n) is 4.10. The molecule has 38 heavy (non-hydrogen) atoms. The molecule has 0 unspecified atom stereocenters. The van der Waals surface area contributed by atoms with E-state index < -0.39 is 0 Å². The van der Waals surface area contributed by atoms with Gasteiger partial charge in [0, 0.05) is 31.8 Å². The van der Waals surface area contributed by atoms with Crippen LogP contribution < -0.4 is 5.32 Å². The molecule has 1 atom stereocenters. The highest BCUT2D eigenvalue weighted by atomic mass is 16.3. The summed E-state index contributed by atoms with van der Waals surface area (Å²) in [5.74, 6) is 0.880. The van der Waals surface area contributed by atoms with E-state index in [9.17, 15) is 14.4 Å². The Morgan fingerprint density at radius 1 is 0.895 bits per heavy atom. The van der Waals surface area contributed by atoms with Crippen LogP contribution in [0, 0.1) is 11.8 Å². The van der Waals surface area contributed by atoms with Crippen LogP contribution in [0.15, 0.2) is 11.6 Å². The molecule has 2 aliphatic rings. The molecule has 222 valence electrons. The second-order valence-electron chi connectivity index (χ2n) is 11.1. The predicted octanol–water partition coefficient (Wildman–Crippen LogP) is 4.03. The maximum absolute atomic E-state index is 12.4. The lowest BCUT2D eigenvalue weighted by Crippen LogP contribution is -2.43. The molecule has 9 nitrogen and oxygen atoms in total. The fraction of sp³-hybridized carbons (Fsp3) is 0.793. The Labute approximate surface area is 232 Å². The van der Waals surface area contributed by atoms with Gasteiger partial charge in [0.2, 0.25) is 18.2 Å². The smallest absolute Gasteiger partial charge is 0.290 e. The average molecular weight is 541 g/mol. The number of carbonyl (C=O) groups is 4. The van der Waals surface area contributed by atoms with Gasteiger partial charge in [-0.05, 0) is 71.4 Å². The molecule has 2 aliphatic heterocycles. The third kappa shape index (κ3) is 17.9. The first kappa shape index (κ1) is 37.7. The molecule has 0 spiro atoms. The zero-order chi connectivity index (χ0) is 29.7. The number of piperidine rings is 1. The summed E-state index contributed by atoms with van der Waals surface area (Å²) in [5.41, 5.74) is 0.670. The monoisotopic (exact) mass is 540 g/mol. The van der Waals surface area contributed by atoms with E-state index in [0.29, 0.717) is 12.0 Å². The summed E-state index contributed by atoms with van der Waals surface area (Å²) in [5, 5.41) is 9.26. The van der Waals surface area contributed by atoms with E-state index in [-0.39, 0.29) is 36.8 Å². The minimum absolute atomic E-state index is 0.0316. The van der Waals surface area contributed by atoms with Crippen molar-refractivity contribution in [1.29, 1.82) is 0 Å². The molecule has 2 N–H and O–H groups in total. The number of rotatable bonds is 8. The number of amides is 3. The Kier molecular flexibility index (Phi) is 22.4. The molecule has 0 aliphatic carbocycles. The van der Waals surface area contributed by atoms with Gasteiger partial charge in [0.15, 0.2) is 0 Å². The largest absolute Gasteiger partial charge is 0.483 e. The summed E-state index contributed by atoms with van der Waals surface area (Å²) in [6.07, 6.45) is 8.77. The van der Waals surface area contributed by atoms with E-state index in [0.717, 1.165) is 37.9 Å². The molecule has 2 rings (SSSR count). The number of nitrogens with zero attached hydrogens (tertiary/aromatic N) is 3. The van der Waals surface area contributed by atoms with Gasteiger partial charge in [0.05, 0.1) is 12.6 Å². The van der Waals surface area contributed by atoms with Gasteiger partial charge >= 0.3 is 0 Å². The van der Waals surface area contributed by atoms with Crippen LogP contribution in [-0.4, -0.2) is 96.4 Å². The van der Waals surface area contributed by atoms with E-state index in [4.69, 9.17) is 9.90 Å². The predicted molar refractivity (Wildman–Crippen MR) is 155 cm³/mol. The molecule has 2 saturated heterocycles. The number of carbonyl (C=O) groups excluding carboxylic acids is 3. The highest BCUT2D eigenvalue weighted by molar-refractivity contribution is 5.93. The molecule has 3 amide bonds. The highest BCUT2D eigenvalue weighted by Gasteiger charge is 2.24. The van der Waals surface area contributed by atoms with Gasteiger partial charge in [0.25, 0.3) is 6.47 Å². The summed E-state index contributed by atoms with van der Waals surface area (Å²) in [6.45, 7) is 20.9. The van der Waals surface area contributed by atoms with Gasteiger partial charge in [-0.1, -0.05) is 47.1 Å². The molecule has 0 aromatic rings. The van der Waals surface area contributed by atoms with E-state index in [1.165, 1.54) is 32.4 Å². The molecule has 0 aromatic carbocycles. The Balaban J connectivity index is 0. The van der Waals surface area contributed by atoms with Crippen molar-refractivity contribution in [3.63, 3.8) is 0 Å². The molecule has 0 saturated carbocycles. The lowest BCUT2D eigenvalue weighted by molar-refractivity contribution is -0.132. The first-order valence-corrected chi connectivity index (χ1v) is 14.1. The average Bonchev–Trinajstić information content (AvgIpc) is 3.40. The maximum atomic E-state index is 12.4. The van der Waals surface area contributed by atoms with Crippen molar-refractivity contribution >= 4 is 24.7 Å². The van der Waals surface area contributed by atoms with Crippen molar-refractivity contribution in [2.75, 3.05) is 39.8 Å². The number of hydrogen-bond donors (Lipinski definition) is 2. The second-order valence-corrected chi connectivity index (χ2v) is 11.1. The minimum atomic E-state index is -0.250. The number of nitrogens with one attached hydrogen (secondary N) is 1. The van der Waals surface area contributed by atoms with Crippen molar-refractivity contribution in [3.8, 4) is 0 Å². The van der Waals surface area contributed by atoms with Crippen LogP contribution in [0.2, 0.25) is 0 Å². The SMILES string of the molecule is C/C(=C\[C@H](C(C)C)N(C)C(=O)CNC=O)C(=O)N1CCCC1.CC(C)C.CC(C)N1CCCCC1.O=CO. The third-order valence-corrected chi connectivity index (χ3v) is 6.13. The first-order chi connectivity index (χ1) is 17.8. The minimum Gasteiger partial charge on any atom is -0.483 e. The van der Waals surface area contributed by atoms with Crippen LogP contribution in [-0.2, 0) is 19.2 Å². The van der Waals surface area contributed by atoms with Crippen LogP contribution >= 0.6 is 0 Å². The maximum Gasteiger partial charge on any atom is 0.290 e. The second kappa shape index (κ2) is 22.6. The first-order valence-electron chi connectivity index (χ1n) is 14.1. The number of likely N-dealkylation sites (tertiary alicyclic amines) is 2. The van der Waals surface area contributed by atoms with Crippen LogP contribution in [0.25, 0.3) is 0 Å². The van der Waals surface area contributed by atoms with Crippen molar-refractivity contribution in [1.82, 2.24) is 20.0 Å². The van der Waals surface area contributed by atoms with Crippen molar-refractivity contribution in [3.05, 3.63) is 11.6 Å². The van der Waals surface area contributed by atoms with Crippen molar-refractivity contribution < 1.29 is 24.3 Å². The Morgan fingerprint density at radius 2 is 1.34 bits per heavy atom. The molecule has 0 bridgehead atoms. The molecule has 2 fully saturated rings. The summed E-state index contributed by atoms with van der Waals surface area (Å²) in [6, 6.07) is 0.595. The van der Waals surface area contributed by atoms with Crippen LogP contribution in [0.5, 0.6) is 0 Å². The molecular weight excluding hydrogens is 484 g/mol. The molecule has 0 aromatic heterocycles. The topological polar surface area (TPSA) is 110 Å². The number of likely N-dealkylation sites (N-methyl/N-ethyl adjacent to an activating group) is 1. The van der Waals surface area contributed by atoms with E-state index >= 15 is 0 Å². The lowest BCUT2D eigenvalue weighted by Gasteiger charge is -2.30. The third-order valence-electron chi connectivity index (χ3n) is 6.13. The molecular formula is C29H56N4O5. The van der Waals surface area contributed by atoms with Crippen molar-refractivity contribution in [2.24, 2.45) is 11.8 Å². The van der Waals surface area contributed by atoms with Gasteiger partial charge in [-0.2, -0.15) is 0 Å². The molecule has 9 heteroatoms. The lowest BCUT2D eigenvalue weighted by atomic mass is 9.99. The van der Waals surface area contributed by atoms with Crippen LogP contribution in [0.1, 0.15) is 87.5 Å². The Bertz CT molecular complexity index is 680. The number of carboxylic acid groups (broad SMARTS) is 1. The summed E-state index contributed by atoms with van der Waals surface area (Å²) >= 11 is 0. The quantitative estimate of drug-likeness (QED) is 0.355. The van der Waals surface area contributed by atoms with Gasteiger partial charge in [-0.25, -0.2) is 0 Å². The standard InChI is InChI=1S/C16H27N3O3.C8H17N.C4H10.CH2O2/c1-12(2)14(18(4)15(21)10-17-11-20)9-13(3)16(22)19-7-5-6-8-19;1-8(2)9-6-4-3-5-7-9;1-4(2)3;2-1-3/h9,11-12,14H,5-8,10H2,1-4H3,(H,17,20);8H,3-7H2,1-2H3;4H,1-3H3;1H,(H,2,3)/b13-9+;;;/t14-;;;/m1.../s1. The normalized spacial score (nSPS) is 16.3. The van der Waals surface area contributed by atoms with E-state index in [1.807, 2.05) is 24.8 Å². The van der Waals surface area contributed by atoms with Gasteiger partial charge in [-0.3, -0.25) is 19.2 Å².